The molecule has 0 radical (unpaired) electrons. The first kappa shape index (κ1) is 37.4. The van der Waals surface area contributed by atoms with Gasteiger partial charge in [-0.15, -0.1) is 0 Å². The minimum atomic E-state index is -0.395. The first-order chi connectivity index (χ1) is 21.0. The zero-order chi connectivity index (χ0) is 33.8. The van der Waals surface area contributed by atoms with Crippen molar-refractivity contribution in [2.75, 3.05) is 0 Å². The van der Waals surface area contributed by atoms with E-state index in [2.05, 4.69) is 98.8 Å². The Balaban J connectivity index is 0.000000246. The van der Waals surface area contributed by atoms with Crippen molar-refractivity contribution in [3.05, 3.63) is 47.6 Å². The van der Waals surface area contributed by atoms with E-state index in [1.54, 1.807) is 0 Å². The molecule has 254 valence electrons. The molecule has 0 aliphatic heterocycles. The van der Waals surface area contributed by atoms with Gasteiger partial charge in [0.05, 0.1) is 11.3 Å². The third-order valence-corrected chi connectivity index (χ3v) is 11.5. The highest BCUT2D eigenvalue weighted by Gasteiger charge is 2.44. The van der Waals surface area contributed by atoms with E-state index in [0.29, 0.717) is 59.2 Å². The van der Waals surface area contributed by atoms with Crippen LogP contribution in [0.1, 0.15) is 116 Å². The molecule has 0 aromatic rings. The summed E-state index contributed by atoms with van der Waals surface area (Å²) in [7, 11) is 0. The van der Waals surface area contributed by atoms with Gasteiger partial charge in [-0.3, -0.25) is 9.59 Å². The highest BCUT2D eigenvalue weighted by Crippen LogP contribution is 2.47. The zero-order valence-corrected chi connectivity index (χ0v) is 30.9. The molecule has 4 nitrogen and oxygen atoms in total. The topological polar surface area (TPSA) is 52.6 Å². The van der Waals surface area contributed by atoms with Crippen LogP contribution < -0.4 is 0 Å². The Morgan fingerprint density at radius 3 is 1.56 bits per heavy atom. The molecule has 0 saturated carbocycles. The van der Waals surface area contributed by atoms with E-state index in [0.717, 1.165) is 25.7 Å². The Morgan fingerprint density at radius 2 is 1.18 bits per heavy atom. The minimum Gasteiger partial charge on any atom is -0.461 e. The van der Waals surface area contributed by atoms with Crippen molar-refractivity contribution in [1.82, 2.24) is 0 Å². The van der Waals surface area contributed by atoms with Crippen LogP contribution in [0.5, 0.6) is 0 Å². The monoisotopic (exact) mass is 622 g/mol. The predicted molar refractivity (Wildman–Crippen MR) is 187 cm³/mol. The van der Waals surface area contributed by atoms with Crippen molar-refractivity contribution < 1.29 is 19.1 Å². The van der Waals surface area contributed by atoms with Crippen molar-refractivity contribution in [2.45, 2.75) is 128 Å². The number of ether oxygens (including phenoxy) is 2. The molecular weight excluding hydrogens is 556 g/mol. The molecule has 4 heteroatoms. The van der Waals surface area contributed by atoms with Gasteiger partial charge in [-0.05, 0) is 98.0 Å². The van der Waals surface area contributed by atoms with E-state index < -0.39 is 5.41 Å². The lowest BCUT2D eigenvalue weighted by atomic mass is 9.63. The molecule has 0 fully saturated rings. The van der Waals surface area contributed by atoms with E-state index in [4.69, 9.17) is 9.47 Å². The maximum atomic E-state index is 12.6. The smallest absolute Gasteiger partial charge is 0.311 e. The number of hydrogen-bond donors (Lipinski definition) is 0. The summed E-state index contributed by atoms with van der Waals surface area (Å²) in [5.74, 6) is 4.94. The molecule has 0 saturated heterocycles. The van der Waals surface area contributed by atoms with Gasteiger partial charge in [0.2, 0.25) is 0 Å². The average Bonchev–Trinajstić information content (AvgIpc) is 2.96. The summed E-state index contributed by atoms with van der Waals surface area (Å²) in [6.07, 6.45) is 17.6. The van der Waals surface area contributed by atoms with Crippen molar-refractivity contribution in [3.63, 3.8) is 0 Å². The molecule has 0 heterocycles. The quantitative estimate of drug-likeness (QED) is 0.253. The second-order valence-corrected chi connectivity index (χ2v) is 16.4. The van der Waals surface area contributed by atoms with Crippen molar-refractivity contribution >= 4 is 11.9 Å². The van der Waals surface area contributed by atoms with Crippen LogP contribution in [-0.4, -0.2) is 24.1 Å². The Labute approximate surface area is 276 Å². The molecule has 4 aliphatic carbocycles. The Morgan fingerprint density at radius 1 is 0.756 bits per heavy atom. The van der Waals surface area contributed by atoms with Crippen LogP contribution >= 0.6 is 0 Å². The summed E-state index contributed by atoms with van der Waals surface area (Å²) < 4.78 is 12.1. The highest BCUT2D eigenvalue weighted by molar-refractivity contribution is 5.76. The average molecular weight is 623 g/mol. The minimum absolute atomic E-state index is 0.00119. The molecule has 45 heavy (non-hydrogen) atoms. The molecule has 0 aromatic carbocycles. The lowest BCUT2D eigenvalue weighted by Crippen LogP contribution is -2.44. The van der Waals surface area contributed by atoms with Crippen LogP contribution in [0.3, 0.4) is 0 Å². The summed E-state index contributed by atoms with van der Waals surface area (Å²) in [4.78, 5) is 25.0. The number of hydrogen-bond acceptors (Lipinski definition) is 4. The Kier molecular flexibility index (Phi) is 13.0. The molecular formula is C41H66O4. The van der Waals surface area contributed by atoms with Gasteiger partial charge in [0, 0.05) is 11.8 Å². The molecule has 0 aromatic heterocycles. The summed E-state index contributed by atoms with van der Waals surface area (Å²) in [5.41, 5.74) is 2.37. The van der Waals surface area contributed by atoms with Crippen LogP contribution in [0.15, 0.2) is 47.6 Å². The molecule has 0 N–H and O–H groups in total. The van der Waals surface area contributed by atoms with E-state index >= 15 is 0 Å². The number of esters is 2. The van der Waals surface area contributed by atoms with Gasteiger partial charge < -0.3 is 9.47 Å². The van der Waals surface area contributed by atoms with E-state index in [-0.39, 0.29) is 30.1 Å². The zero-order valence-electron chi connectivity index (χ0n) is 30.9. The molecule has 2 unspecified atom stereocenters. The number of fused-ring (bicyclic) bond motifs is 2. The first-order valence-electron chi connectivity index (χ1n) is 18.2. The van der Waals surface area contributed by atoms with Crippen LogP contribution in [0.2, 0.25) is 0 Å². The Bertz CT molecular complexity index is 1140. The summed E-state index contributed by atoms with van der Waals surface area (Å²) in [6, 6.07) is 0. The van der Waals surface area contributed by atoms with Gasteiger partial charge >= 0.3 is 11.9 Å². The standard InChI is InChI=1S/C21H34O2.C20H32O2/c1-8-21(6,7)20(22)23-17-12-14(4)11-16-10-9-15(5)18(13(2)3)19(16)17;1-7-14(5)20(21)22-17-11-13(4)10-16-9-8-15(6)18(12(2)3)19(16)17/h9-11,13-15,17-19H,8,12H2,1-7H3;8-10,12-15,17-19H,7,11H2,1-6H3/t14-,15+,17-,18-,19?;13-,14-,15+,17-,18-,19?/m00/s1. The van der Waals surface area contributed by atoms with Crippen LogP contribution in [0.25, 0.3) is 0 Å². The van der Waals surface area contributed by atoms with E-state index in [1.165, 1.54) is 11.1 Å². The van der Waals surface area contributed by atoms with E-state index in [1.807, 2.05) is 27.7 Å². The maximum Gasteiger partial charge on any atom is 0.311 e. The normalized spacial score (nSPS) is 34.9. The fourth-order valence-corrected chi connectivity index (χ4v) is 8.34. The number of allylic oxidation sites excluding steroid dienone is 6. The maximum absolute atomic E-state index is 12.6. The van der Waals surface area contributed by atoms with Crippen molar-refractivity contribution in [3.8, 4) is 0 Å². The van der Waals surface area contributed by atoms with Gasteiger partial charge in [0.25, 0.3) is 0 Å². The lowest BCUT2D eigenvalue weighted by molar-refractivity contribution is -0.165. The summed E-state index contributed by atoms with van der Waals surface area (Å²) in [6.45, 7) is 28.3. The second-order valence-electron chi connectivity index (χ2n) is 16.4. The molecule has 4 rings (SSSR count). The number of rotatable bonds is 8. The van der Waals surface area contributed by atoms with Crippen molar-refractivity contribution in [1.29, 1.82) is 0 Å². The molecule has 4 aliphatic rings. The predicted octanol–water partition coefficient (Wildman–Crippen LogP) is 10.4. The fourth-order valence-electron chi connectivity index (χ4n) is 8.34. The van der Waals surface area contributed by atoms with Gasteiger partial charge in [-0.25, -0.2) is 0 Å². The lowest BCUT2D eigenvalue weighted by Gasteiger charge is -2.45. The molecule has 0 spiro atoms. The second kappa shape index (κ2) is 15.7. The highest BCUT2D eigenvalue weighted by atomic mass is 16.5. The third kappa shape index (κ3) is 8.83. The van der Waals surface area contributed by atoms with Crippen LogP contribution in [-0.2, 0) is 19.1 Å². The number of carbonyl (C=O) groups is 2. The van der Waals surface area contributed by atoms with Gasteiger partial charge in [0.15, 0.2) is 0 Å². The van der Waals surface area contributed by atoms with Gasteiger partial charge in [-0.2, -0.15) is 0 Å². The van der Waals surface area contributed by atoms with Crippen LogP contribution in [0.4, 0.5) is 0 Å². The third-order valence-electron chi connectivity index (χ3n) is 11.5. The molecule has 0 amide bonds. The molecule has 11 atom stereocenters. The van der Waals surface area contributed by atoms with Gasteiger partial charge in [-0.1, -0.05) is 113 Å². The largest absolute Gasteiger partial charge is 0.461 e. The van der Waals surface area contributed by atoms with Crippen LogP contribution in [0, 0.1) is 70.5 Å². The molecule has 0 bridgehead atoms. The first-order valence-corrected chi connectivity index (χ1v) is 18.2. The van der Waals surface area contributed by atoms with E-state index in [9.17, 15) is 9.59 Å². The summed E-state index contributed by atoms with van der Waals surface area (Å²) in [5, 5.41) is 0. The number of carbonyl (C=O) groups excluding carboxylic acids is 2. The Hall–Kier alpha value is -2.10. The summed E-state index contributed by atoms with van der Waals surface area (Å²) >= 11 is 0. The fraction of sp³-hybridized carbons (Fsp3) is 0.756. The SMILES string of the molecule is CCC(C)(C)C(=O)O[C@H]1C[C@@H](C)C=C2C=C[C@@H](C)[C@H](C(C)C)C21.CC[C@H](C)C(=O)O[C@H]1C[C@@H](C)C=C2C=C[C@@H](C)[C@H](C(C)C)C21. The van der Waals surface area contributed by atoms with Crippen molar-refractivity contribution in [2.24, 2.45) is 70.5 Å². The van der Waals surface area contributed by atoms with Gasteiger partial charge in [0.1, 0.15) is 12.2 Å².